The van der Waals surface area contributed by atoms with E-state index >= 15 is 0 Å². The SMILES string of the molecule is CCC(C)Nc1ccnc(C(=O)Nc2ccccc2Oc2ccccc2)c1. The highest BCUT2D eigenvalue weighted by Crippen LogP contribution is 2.29. The Bertz CT molecular complexity index is 897. The Kier molecular flexibility index (Phi) is 6.05. The first-order valence-electron chi connectivity index (χ1n) is 9.01. The molecule has 2 N–H and O–H groups in total. The van der Waals surface area contributed by atoms with Crippen molar-refractivity contribution < 1.29 is 9.53 Å². The molecule has 3 aromatic rings. The quantitative estimate of drug-likeness (QED) is 0.596. The minimum Gasteiger partial charge on any atom is -0.455 e. The maximum atomic E-state index is 12.7. The number of pyridine rings is 1. The van der Waals surface area contributed by atoms with Gasteiger partial charge in [0.25, 0.3) is 5.91 Å². The summed E-state index contributed by atoms with van der Waals surface area (Å²) in [6.45, 7) is 4.20. The largest absolute Gasteiger partial charge is 0.455 e. The lowest BCUT2D eigenvalue weighted by molar-refractivity contribution is 0.102. The first kappa shape index (κ1) is 18.5. The summed E-state index contributed by atoms with van der Waals surface area (Å²) >= 11 is 0. The van der Waals surface area contributed by atoms with Gasteiger partial charge in [0.05, 0.1) is 5.69 Å². The third-order valence-corrected chi connectivity index (χ3v) is 4.12. The van der Waals surface area contributed by atoms with Crippen molar-refractivity contribution in [3.63, 3.8) is 0 Å². The number of rotatable bonds is 7. The van der Waals surface area contributed by atoms with Gasteiger partial charge in [0.15, 0.2) is 5.75 Å². The minimum absolute atomic E-state index is 0.285. The maximum Gasteiger partial charge on any atom is 0.274 e. The molecule has 0 spiro atoms. The molecule has 5 nitrogen and oxygen atoms in total. The van der Waals surface area contributed by atoms with Crippen LogP contribution in [-0.2, 0) is 0 Å². The number of carbonyl (C=O) groups is 1. The fourth-order valence-corrected chi connectivity index (χ4v) is 2.49. The van der Waals surface area contributed by atoms with Gasteiger partial charge in [-0.05, 0) is 49.7 Å². The highest BCUT2D eigenvalue weighted by molar-refractivity contribution is 6.04. The molecule has 1 heterocycles. The van der Waals surface area contributed by atoms with Crippen LogP contribution in [0.15, 0.2) is 72.9 Å². The van der Waals surface area contributed by atoms with Crippen molar-refractivity contribution >= 4 is 17.3 Å². The Morgan fingerprint density at radius 1 is 1.07 bits per heavy atom. The smallest absolute Gasteiger partial charge is 0.274 e. The molecule has 0 radical (unpaired) electrons. The second-order valence-electron chi connectivity index (χ2n) is 6.25. The van der Waals surface area contributed by atoms with Crippen molar-refractivity contribution in [1.29, 1.82) is 0 Å². The zero-order valence-corrected chi connectivity index (χ0v) is 15.5. The molecule has 0 saturated carbocycles. The number of nitrogens with zero attached hydrogens (tertiary/aromatic N) is 1. The summed E-state index contributed by atoms with van der Waals surface area (Å²) in [5, 5.41) is 6.24. The number of para-hydroxylation sites is 3. The van der Waals surface area contributed by atoms with Crippen LogP contribution >= 0.6 is 0 Å². The molecule has 1 atom stereocenters. The van der Waals surface area contributed by atoms with E-state index in [1.54, 1.807) is 18.3 Å². The number of carbonyl (C=O) groups excluding carboxylic acids is 1. The average Bonchev–Trinajstić information content (AvgIpc) is 2.70. The van der Waals surface area contributed by atoms with Gasteiger partial charge in [0, 0.05) is 17.9 Å². The predicted molar refractivity (Wildman–Crippen MR) is 109 cm³/mol. The van der Waals surface area contributed by atoms with Gasteiger partial charge in [0.2, 0.25) is 0 Å². The Morgan fingerprint density at radius 2 is 1.81 bits per heavy atom. The molecular formula is C22H23N3O2. The van der Waals surface area contributed by atoms with Gasteiger partial charge in [-0.3, -0.25) is 9.78 Å². The monoisotopic (exact) mass is 361 g/mol. The van der Waals surface area contributed by atoms with Gasteiger partial charge >= 0.3 is 0 Å². The van der Waals surface area contributed by atoms with Crippen molar-refractivity contribution in [2.75, 3.05) is 10.6 Å². The summed E-state index contributed by atoms with van der Waals surface area (Å²) in [5.74, 6) is 0.995. The highest BCUT2D eigenvalue weighted by atomic mass is 16.5. The molecule has 138 valence electrons. The van der Waals surface area contributed by atoms with Gasteiger partial charge in [-0.15, -0.1) is 0 Å². The molecule has 0 aliphatic rings. The van der Waals surface area contributed by atoms with Crippen molar-refractivity contribution in [2.45, 2.75) is 26.3 Å². The Morgan fingerprint density at radius 3 is 2.59 bits per heavy atom. The standard InChI is InChI=1S/C22H23N3O2/c1-3-16(2)24-17-13-14-23-20(15-17)22(26)25-19-11-7-8-12-21(19)27-18-9-5-4-6-10-18/h4-16H,3H2,1-2H3,(H,23,24)(H,25,26). The normalized spacial score (nSPS) is 11.5. The van der Waals surface area contributed by atoms with Gasteiger partial charge in [-0.2, -0.15) is 0 Å². The van der Waals surface area contributed by atoms with Crippen LogP contribution in [0.2, 0.25) is 0 Å². The molecule has 1 amide bonds. The number of ether oxygens (including phenoxy) is 1. The number of anilines is 2. The van der Waals surface area contributed by atoms with Crippen molar-refractivity contribution in [3.05, 3.63) is 78.6 Å². The summed E-state index contributed by atoms with van der Waals surface area (Å²) in [6, 6.07) is 20.7. The maximum absolute atomic E-state index is 12.7. The van der Waals surface area contributed by atoms with Crippen LogP contribution in [0.1, 0.15) is 30.8 Å². The number of amides is 1. The highest BCUT2D eigenvalue weighted by Gasteiger charge is 2.12. The molecule has 0 aliphatic carbocycles. The lowest BCUT2D eigenvalue weighted by Gasteiger charge is -2.14. The number of aromatic nitrogens is 1. The molecule has 1 aromatic heterocycles. The van der Waals surface area contributed by atoms with E-state index in [-0.39, 0.29) is 5.91 Å². The second kappa shape index (κ2) is 8.85. The van der Waals surface area contributed by atoms with E-state index in [0.29, 0.717) is 28.9 Å². The number of hydrogen-bond acceptors (Lipinski definition) is 4. The van der Waals surface area contributed by atoms with Crippen LogP contribution in [-0.4, -0.2) is 16.9 Å². The summed E-state index contributed by atoms with van der Waals surface area (Å²) in [6.07, 6.45) is 2.63. The Hall–Kier alpha value is -3.34. The van der Waals surface area contributed by atoms with Crippen molar-refractivity contribution in [1.82, 2.24) is 4.98 Å². The summed E-state index contributed by atoms with van der Waals surface area (Å²) < 4.78 is 5.89. The summed E-state index contributed by atoms with van der Waals surface area (Å²) in [5.41, 5.74) is 1.81. The van der Waals surface area contributed by atoms with Gasteiger partial charge in [0.1, 0.15) is 11.4 Å². The van der Waals surface area contributed by atoms with E-state index in [1.807, 2.05) is 54.6 Å². The number of nitrogens with one attached hydrogen (secondary N) is 2. The fraction of sp³-hybridized carbons (Fsp3) is 0.182. The minimum atomic E-state index is -0.285. The molecule has 0 bridgehead atoms. The lowest BCUT2D eigenvalue weighted by atomic mass is 10.2. The van der Waals surface area contributed by atoms with E-state index in [9.17, 15) is 4.79 Å². The number of hydrogen-bond donors (Lipinski definition) is 2. The van der Waals surface area contributed by atoms with E-state index in [2.05, 4.69) is 29.5 Å². The van der Waals surface area contributed by atoms with Crippen molar-refractivity contribution in [3.8, 4) is 11.5 Å². The predicted octanol–water partition coefficient (Wildman–Crippen LogP) is 5.34. The molecule has 0 fully saturated rings. The van der Waals surface area contributed by atoms with E-state index in [1.165, 1.54) is 0 Å². The lowest BCUT2D eigenvalue weighted by Crippen LogP contribution is -2.17. The molecule has 3 rings (SSSR count). The van der Waals surface area contributed by atoms with Crippen molar-refractivity contribution in [2.24, 2.45) is 0 Å². The molecule has 1 unspecified atom stereocenters. The average molecular weight is 361 g/mol. The molecular weight excluding hydrogens is 338 g/mol. The Balaban J connectivity index is 1.76. The molecule has 27 heavy (non-hydrogen) atoms. The molecule has 0 aliphatic heterocycles. The van der Waals surface area contributed by atoms with Crippen LogP contribution in [0, 0.1) is 0 Å². The fourth-order valence-electron chi connectivity index (χ4n) is 2.49. The van der Waals surface area contributed by atoms with Gasteiger partial charge in [-0.1, -0.05) is 37.3 Å². The summed E-state index contributed by atoms with van der Waals surface area (Å²) in [7, 11) is 0. The van der Waals surface area contributed by atoms with Crippen LogP contribution in [0.4, 0.5) is 11.4 Å². The summed E-state index contributed by atoms with van der Waals surface area (Å²) in [4.78, 5) is 16.9. The molecule has 5 heteroatoms. The van der Waals surface area contributed by atoms with Crippen LogP contribution in [0.25, 0.3) is 0 Å². The first-order chi connectivity index (χ1) is 13.2. The third-order valence-electron chi connectivity index (χ3n) is 4.12. The van der Waals surface area contributed by atoms with Gasteiger partial charge < -0.3 is 15.4 Å². The Labute approximate surface area is 159 Å². The number of benzene rings is 2. The molecule has 2 aromatic carbocycles. The van der Waals surface area contributed by atoms with E-state index < -0.39 is 0 Å². The zero-order valence-electron chi connectivity index (χ0n) is 15.5. The van der Waals surface area contributed by atoms with Crippen LogP contribution in [0.3, 0.4) is 0 Å². The van der Waals surface area contributed by atoms with E-state index in [0.717, 1.165) is 12.1 Å². The topological polar surface area (TPSA) is 63.2 Å². The van der Waals surface area contributed by atoms with E-state index in [4.69, 9.17) is 4.74 Å². The molecule has 0 saturated heterocycles. The van der Waals surface area contributed by atoms with Crippen LogP contribution in [0.5, 0.6) is 11.5 Å². The van der Waals surface area contributed by atoms with Gasteiger partial charge in [-0.25, -0.2) is 0 Å². The zero-order chi connectivity index (χ0) is 19.1. The third kappa shape index (κ3) is 5.07. The second-order valence-corrected chi connectivity index (χ2v) is 6.25. The first-order valence-corrected chi connectivity index (χ1v) is 9.01. The van der Waals surface area contributed by atoms with Crippen LogP contribution < -0.4 is 15.4 Å².